The standard InChI is InChI=1S/C12H20O8/c13-6(2-1-3-8(14)15)4-5-7-9(16)10(17)11(18)12(19)20-7/h7,9-12,16-19H,1-5H2,(H,14,15)/t7-,9+,10+,11-,12+/m0/s1. The monoisotopic (exact) mass is 292 g/mol. The quantitative estimate of drug-likeness (QED) is 0.377. The van der Waals surface area contributed by atoms with E-state index in [0.29, 0.717) is 0 Å². The number of ketones is 1. The Labute approximate surface area is 115 Å². The highest BCUT2D eigenvalue weighted by molar-refractivity contribution is 5.79. The van der Waals surface area contributed by atoms with E-state index in [1.807, 2.05) is 0 Å². The topological polar surface area (TPSA) is 145 Å². The molecule has 0 spiro atoms. The zero-order valence-electron chi connectivity index (χ0n) is 10.9. The van der Waals surface area contributed by atoms with E-state index in [1.54, 1.807) is 0 Å². The van der Waals surface area contributed by atoms with E-state index in [1.165, 1.54) is 0 Å². The van der Waals surface area contributed by atoms with E-state index in [-0.39, 0.29) is 37.9 Å². The van der Waals surface area contributed by atoms with Gasteiger partial charge >= 0.3 is 5.97 Å². The van der Waals surface area contributed by atoms with Crippen LogP contribution in [-0.2, 0) is 14.3 Å². The van der Waals surface area contributed by atoms with Crippen LogP contribution in [-0.4, -0.2) is 68.0 Å². The number of rotatable bonds is 7. The molecule has 1 rings (SSSR count). The van der Waals surface area contributed by atoms with E-state index in [9.17, 15) is 30.0 Å². The van der Waals surface area contributed by atoms with Crippen molar-refractivity contribution in [1.29, 1.82) is 0 Å². The first-order valence-corrected chi connectivity index (χ1v) is 6.44. The van der Waals surface area contributed by atoms with E-state index < -0.39 is 36.7 Å². The lowest BCUT2D eigenvalue weighted by molar-refractivity contribution is -0.282. The molecule has 0 saturated carbocycles. The van der Waals surface area contributed by atoms with Crippen molar-refractivity contribution in [3.8, 4) is 0 Å². The van der Waals surface area contributed by atoms with Gasteiger partial charge in [-0.3, -0.25) is 9.59 Å². The van der Waals surface area contributed by atoms with Crippen LogP contribution in [0.1, 0.15) is 32.1 Å². The molecule has 0 aromatic carbocycles. The Balaban J connectivity index is 2.33. The lowest BCUT2D eigenvalue weighted by Crippen LogP contribution is -2.57. The van der Waals surface area contributed by atoms with E-state index in [0.717, 1.165) is 0 Å². The second-order valence-corrected chi connectivity index (χ2v) is 4.86. The number of ether oxygens (including phenoxy) is 1. The molecule has 1 heterocycles. The van der Waals surface area contributed by atoms with Gasteiger partial charge in [0.15, 0.2) is 6.29 Å². The number of Topliss-reactive ketones (excluding diaryl/α,β-unsaturated/α-hetero) is 1. The largest absolute Gasteiger partial charge is 0.481 e. The molecule has 0 aromatic heterocycles. The number of hydrogen-bond donors (Lipinski definition) is 5. The molecule has 1 aliphatic rings. The van der Waals surface area contributed by atoms with Crippen LogP contribution in [0.25, 0.3) is 0 Å². The number of carbonyl (C=O) groups excluding carboxylic acids is 1. The molecular formula is C12H20O8. The minimum absolute atomic E-state index is 0.0386. The second-order valence-electron chi connectivity index (χ2n) is 4.86. The molecule has 20 heavy (non-hydrogen) atoms. The van der Waals surface area contributed by atoms with Gasteiger partial charge in [0.05, 0.1) is 6.10 Å². The van der Waals surface area contributed by atoms with Crippen molar-refractivity contribution in [2.45, 2.75) is 62.8 Å². The third kappa shape index (κ3) is 4.80. The fourth-order valence-electron chi connectivity index (χ4n) is 2.03. The van der Waals surface area contributed by atoms with Crippen molar-refractivity contribution in [3.05, 3.63) is 0 Å². The SMILES string of the molecule is O=C(O)CCCC(=O)CC[C@@H]1O[C@@H](O)[C@@H](O)[C@H](O)[C@@H]1O. The minimum Gasteiger partial charge on any atom is -0.481 e. The maximum Gasteiger partial charge on any atom is 0.303 e. The molecule has 5 atom stereocenters. The Hall–Kier alpha value is -1.06. The summed E-state index contributed by atoms with van der Waals surface area (Å²) < 4.78 is 4.92. The Kier molecular flexibility index (Phi) is 6.50. The maximum absolute atomic E-state index is 11.5. The predicted molar refractivity (Wildman–Crippen MR) is 64.6 cm³/mol. The molecule has 1 saturated heterocycles. The van der Waals surface area contributed by atoms with Crippen molar-refractivity contribution in [2.75, 3.05) is 0 Å². The van der Waals surface area contributed by atoms with Crippen LogP contribution in [0.3, 0.4) is 0 Å². The Bertz CT molecular complexity index is 344. The van der Waals surface area contributed by atoms with Gasteiger partial charge < -0.3 is 30.3 Å². The average molecular weight is 292 g/mol. The molecular weight excluding hydrogens is 272 g/mol. The second kappa shape index (κ2) is 7.65. The number of aliphatic carboxylic acids is 1. The molecule has 0 bridgehead atoms. The van der Waals surface area contributed by atoms with Gasteiger partial charge in [-0.25, -0.2) is 0 Å². The van der Waals surface area contributed by atoms with Gasteiger partial charge in [-0.2, -0.15) is 0 Å². The van der Waals surface area contributed by atoms with Crippen LogP contribution in [0, 0.1) is 0 Å². The summed E-state index contributed by atoms with van der Waals surface area (Å²) in [7, 11) is 0. The van der Waals surface area contributed by atoms with Crippen LogP contribution in [0.4, 0.5) is 0 Å². The zero-order valence-corrected chi connectivity index (χ0v) is 10.9. The molecule has 0 aromatic rings. The molecule has 1 aliphatic heterocycles. The highest BCUT2D eigenvalue weighted by Crippen LogP contribution is 2.23. The van der Waals surface area contributed by atoms with Crippen molar-refractivity contribution in [3.63, 3.8) is 0 Å². The fourth-order valence-corrected chi connectivity index (χ4v) is 2.03. The minimum atomic E-state index is -1.61. The molecule has 5 N–H and O–H groups in total. The first kappa shape index (κ1) is 17.0. The summed E-state index contributed by atoms with van der Waals surface area (Å²) in [5.41, 5.74) is 0. The molecule has 0 aliphatic carbocycles. The van der Waals surface area contributed by atoms with E-state index in [2.05, 4.69) is 0 Å². The lowest BCUT2D eigenvalue weighted by atomic mass is 9.94. The zero-order chi connectivity index (χ0) is 15.3. The fraction of sp³-hybridized carbons (Fsp3) is 0.833. The van der Waals surface area contributed by atoms with Crippen LogP contribution >= 0.6 is 0 Å². The third-order valence-electron chi connectivity index (χ3n) is 3.24. The third-order valence-corrected chi connectivity index (χ3v) is 3.24. The average Bonchev–Trinajstić information content (AvgIpc) is 2.38. The molecule has 8 heteroatoms. The van der Waals surface area contributed by atoms with Crippen LogP contribution in [0.5, 0.6) is 0 Å². The predicted octanol–water partition coefficient (Wildman–Crippen LogP) is -1.61. The Morgan fingerprint density at radius 2 is 1.55 bits per heavy atom. The number of aliphatic hydroxyl groups excluding tert-OH is 4. The summed E-state index contributed by atoms with van der Waals surface area (Å²) >= 11 is 0. The van der Waals surface area contributed by atoms with Gasteiger partial charge in [0, 0.05) is 19.3 Å². The Morgan fingerprint density at radius 3 is 2.15 bits per heavy atom. The van der Waals surface area contributed by atoms with Crippen molar-refractivity contribution in [2.24, 2.45) is 0 Å². The maximum atomic E-state index is 11.5. The number of carbonyl (C=O) groups is 2. The van der Waals surface area contributed by atoms with Gasteiger partial charge in [0.1, 0.15) is 24.1 Å². The highest BCUT2D eigenvalue weighted by Gasteiger charge is 2.42. The van der Waals surface area contributed by atoms with Crippen LogP contribution in [0.15, 0.2) is 0 Å². The van der Waals surface area contributed by atoms with Crippen molar-refractivity contribution >= 4 is 11.8 Å². The van der Waals surface area contributed by atoms with E-state index >= 15 is 0 Å². The van der Waals surface area contributed by atoms with Gasteiger partial charge in [-0.05, 0) is 12.8 Å². The van der Waals surface area contributed by atoms with Gasteiger partial charge in [0.25, 0.3) is 0 Å². The van der Waals surface area contributed by atoms with Gasteiger partial charge in [-0.1, -0.05) is 0 Å². The highest BCUT2D eigenvalue weighted by atomic mass is 16.6. The first-order valence-electron chi connectivity index (χ1n) is 6.44. The summed E-state index contributed by atoms with van der Waals surface area (Å²) in [6.45, 7) is 0. The summed E-state index contributed by atoms with van der Waals surface area (Å²) in [4.78, 5) is 21.8. The summed E-state index contributed by atoms with van der Waals surface area (Å²) in [6.07, 6.45) is -6.69. The molecule has 0 amide bonds. The first-order chi connectivity index (χ1) is 9.32. The molecule has 0 unspecified atom stereocenters. The normalized spacial score (nSPS) is 33.9. The molecule has 8 nitrogen and oxygen atoms in total. The van der Waals surface area contributed by atoms with Gasteiger partial charge in [-0.15, -0.1) is 0 Å². The lowest BCUT2D eigenvalue weighted by Gasteiger charge is -2.38. The summed E-state index contributed by atoms with van der Waals surface area (Å²) in [5.74, 6) is -1.15. The number of carboxylic acid groups (broad SMARTS) is 1. The molecule has 1 fully saturated rings. The number of hydrogen-bond acceptors (Lipinski definition) is 7. The number of aliphatic hydroxyl groups is 4. The number of carboxylic acids is 1. The Morgan fingerprint density at radius 1 is 0.900 bits per heavy atom. The smallest absolute Gasteiger partial charge is 0.303 e. The van der Waals surface area contributed by atoms with Gasteiger partial charge in [0.2, 0.25) is 0 Å². The van der Waals surface area contributed by atoms with Crippen molar-refractivity contribution < 1.29 is 39.9 Å². The van der Waals surface area contributed by atoms with Crippen LogP contribution in [0.2, 0.25) is 0 Å². The summed E-state index contributed by atoms with van der Waals surface area (Å²) in [6, 6.07) is 0. The van der Waals surface area contributed by atoms with Crippen molar-refractivity contribution in [1.82, 2.24) is 0 Å². The molecule has 0 radical (unpaired) electrons. The van der Waals surface area contributed by atoms with Crippen LogP contribution < -0.4 is 0 Å². The summed E-state index contributed by atoms with van der Waals surface area (Å²) in [5, 5.41) is 46.1. The van der Waals surface area contributed by atoms with E-state index in [4.69, 9.17) is 9.84 Å². The molecule has 116 valence electrons.